The molecule has 0 atom stereocenters. The van der Waals surface area contributed by atoms with Crippen molar-refractivity contribution in [2.45, 2.75) is 57.5 Å². The van der Waals surface area contributed by atoms with Gasteiger partial charge in [0.05, 0.1) is 11.7 Å². The fraction of sp³-hybridized carbons (Fsp3) is 0.800. The zero-order valence-electron chi connectivity index (χ0n) is 11.6. The van der Waals surface area contributed by atoms with Gasteiger partial charge in [0.2, 0.25) is 0 Å². The summed E-state index contributed by atoms with van der Waals surface area (Å²) in [4.78, 5) is 0. The molecule has 2 aliphatic rings. The first-order valence-corrected chi connectivity index (χ1v) is 8.16. The Kier molecular flexibility index (Phi) is 4.13. The van der Waals surface area contributed by atoms with E-state index in [0.717, 1.165) is 24.7 Å². The molecule has 1 aromatic rings. The maximum Gasteiger partial charge on any atom is 0.0762 e. The lowest BCUT2D eigenvalue weighted by Gasteiger charge is -2.21. The predicted molar refractivity (Wildman–Crippen MR) is 78.4 cm³/mol. The van der Waals surface area contributed by atoms with E-state index < -0.39 is 0 Å². The third-order valence-electron chi connectivity index (χ3n) is 4.66. The van der Waals surface area contributed by atoms with Gasteiger partial charge in [-0.2, -0.15) is 5.10 Å². The zero-order chi connectivity index (χ0) is 13.1. The molecule has 0 amide bonds. The van der Waals surface area contributed by atoms with Crippen molar-refractivity contribution in [3.63, 3.8) is 0 Å². The van der Waals surface area contributed by atoms with Gasteiger partial charge in [-0.1, -0.05) is 19.3 Å². The molecule has 3 nitrogen and oxygen atoms in total. The smallest absolute Gasteiger partial charge is 0.0762 e. The van der Waals surface area contributed by atoms with E-state index in [1.165, 1.54) is 44.9 Å². The average molecular weight is 282 g/mol. The standard InChI is InChI=1S/C15H24ClN3/c16-11-15(7-8-15)12-17-10-13-6-9-19(18-13)14-4-2-1-3-5-14/h6,9,14,17H,1-5,7-8,10-12H2. The highest BCUT2D eigenvalue weighted by Gasteiger charge is 2.41. The maximum absolute atomic E-state index is 5.98. The monoisotopic (exact) mass is 281 g/mol. The second-order valence-corrected chi connectivity index (χ2v) is 6.58. The molecule has 106 valence electrons. The quantitative estimate of drug-likeness (QED) is 0.809. The lowest BCUT2D eigenvalue weighted by molar-refractivity contribution is 0.327. The van der Waals surface area contributed by atoms with Crippen LogP contribution in [0.25, 0.3) is 0 Å². The molecule has 0 unspecified atom stereocenters. The van der Waals surface area contributed by atoms with Crippen LogP contribution in [0.5, 0.6) is 0 Å². The van der Waals surface area contributed by atoms with Crippen LogP contribution in [-0.2, 0) is 6.54 Å². The number of rotatable bonds is 6. The molecule has 0 saturated heterocycles. The third-order valence-corrected chi connectivity index (χ3v) is 5.23. The van der Waals surface area contributed by atoms with Crippen LogP contribution in [0.3, 0.4) is 0 Å². The molecule has 19 heavy (non-hydrogen) atoms. The number of alkyl halides is 1. The third kappa shape index (κ3) is 3.32. The second-order valence-electron chi connectivity index (χ2n) is 6.32. The van der Waals surface area contributed by atoms with Crippen LogP contribution in [0, 0.1) is 5.41 Å². The van der Waals surface area contributed by atoms with Gasteiger partial charge < -0.3 is 5.32 Å². The Balaban J connectivity index is 1.47. The van der Waals surface area contributed by atoms with Gasteiger partial charge in [0.15, 0.2) is 0 Å². The molecule has 1 aromatic heterocycles. The van der Waals surface area contributed by atoms with E-state index in [4.69, 9.17) is 16.7 Å². The Morgan fingerprint density at radius 2 is 2.11 bits per heavy atom. The maximum atomic E-state index is 5.98. The molecule has 0 bridgehead atoms. The van der Waals surface area contributed by atoms with Crippen molar-refractivity contribution in [1.29, 1.82) is 0 Å². The van der Waals surface area contributed by atoms with Crippen molar-refractivity contribution >= 4 is 11.6 Å². The predicted octanol–water partition coefficient (Wildman–Crippen LogP) is 3.50. The molecule has 1 heterocycles. The summed E-state index contributed by atoms with van der Waals surface area (Å²) in [6.07, 6.45) is 11.4. The van der Waals surface area contributed by atoms with E-state index in [0.29, 0.717) is 11.5 Å². The molecule has 1 N–H and O–H groups in total. The fourth-order valence-corrected chi connectivity index (χ4v) is 3.37. The summed E-state index contributed by atoms with van der Waals surface area (Å²) in [7, 11) is 0. The molecular formula is C15H24ClN3. The van der Waals surface area contributed by atoms with Gasteiger partial charge in [-0.3, -0.25) is 4.68 Å². The molecule has 2 fully saturated rings. The number of nitrogens with zero attached hydrogens (tertiary/aromatic N) is 2. The first-order valence-electron chi connectivity index (χ1n) is 7.62. The largest absolute Gasteiger partial charge is 0.311 e. The average Bonchev–Trinajstić information content (AvgIpc) is 3.09. The first kappa shape index (κ1) is 13.4. The zero-order valence-corrected chi connectivity index (χ0v) is 12.3. The van der Waals surface area contributed by atoms with Crippen LogP contribution in [0.4, 0.5) is 0 Å². The van der Waals surface area contributed by atoms with E-state index >= 15 is 0 Å². The Hall–Kier alpha value is -0.540. The van der Waals surface area contributed by atoms with E-state index in [1.807, 2.05) is 0 Å². The van der Waals surface area contributed by atoms with E-state index in [2.05, 4.69) is 22.3 Å². The Morgan fingerprint density at radius 3 is 2.79 bits per heavy atom. The summed E-state index contributed by atoms with van der Waals surface area (Å²) >= 11 is 5.98. The SMILES string of the molecule is ClCC1(CNCc2ccn(C3CCCCC3)n2)CC1. The molecule has 0 aliphatic heterocycles. The van der Waals surface area contributed by atoms with E-state index in [9.17, 15) is 0 Å². The molecule has 4 heteroatoms. The number of nitrogens with one attached hydrogen (secondary N) is 1. The summed E-state index contributed by atoms with van der Waals surface area (Å²) in [6, 6.07) is 2.79. The highest BCUT2D eigenvalue weighted by molar-refractivity contribution is 6.18. The Morgan fingerprint density at radius 1 is 1.32 bits per heavy atom. The highest BCUT2D eigenvalue weighted by atomic mass is 35.5. The van der Waals surface area contributed by atoms with Gasteiger partial charge in [-0.15, -0.1) is 11.6 Å². The lowest BCUT2D eigenvalue weighted by Crippen LogP contribution is -2.25. The van der Waals surface area contributed by atoms with Crippen molar-refractivity contribution in [2.75, 3.05) is 12.4 Å². The van der Waals surface area contributed by atoms with Gasteiger partial charge in [-0.05, 0) is 37.2 Å². The lowest BCUT2D eigenvalue weighted by atomic mass is 9.96. The fourth-order valence-electron chi connectivity index (χ4n) is 3.01. The molecular weight excluding hydrogens is 258 g/mol. The van der Waals surface area contributed by atoms with Crippen LogP contribution < -0.4 is 5.32 Å². The minimum atomic E-state index is 0.396. The van der Waals surface area contributed by atoms with Crippen LogP contribution in [0.2, 0.25) is 0 Å². The van der Waals surface area contributed by atoms with Gasteiger partial charge >= 0.3 is 0 Å². The number of hydrogen-bond donors (Lipinski definition) is 1. The van der Waals surface area contributed by atoms with Crippen LogP contribution in [-0.4, -0.2) is 22.2 Å². The number of aromatic nitrogens is 2. The van der Waals surface area contributed by atoms with Gasteiger partial charge in [0.25, 0.3) is 0 Å². The van der Waals surface area contributed by atoms with E-state index in [1.54, 1.807) is 0 Å². The number of hydrogen-bond acceptors (Lipinski definition) is 2. The van der Waals surface area contributed by atoms with Crippen molar-refractivity contribution in [3.05, 3.63) is 18.0 Å². The second kappa shape index (κ2) is 5.84. The van der Waals surface area contributed by atoms with Crippen LogP contribution in [0.15, 0.2) is 12.3 Å². The summed E-state index contributed by atoms with van der Waals surface area (Å²) in [6.45, 7) is 1.91. The van der Waals surface area contributed by atoms with Crippen molar-refractivity contribution in [1.82, 2.24) is 15.1 Å². The first-order chi connectivity index (χ1) is 9.31. The number of halogens is 1. The molecule has 2 aliphatic carbocycles. The van der Waals surface area contributed by atoms with Crippen molar-refractivity contribution in [2.24, 2.45) is 5.41 Å². The van der Waals surface area contributed by atoms with Crippen LogP contribution >= 0.6 is 11.6 Å². The minimum absolute atomic E-state index is 0.396. The van der Waals surface area contributed by atoms with E-state index in [-0.39, 0.29) is 0 Å². The summed E-state index contributed by atoms with van der Waals surface area (Å²) in [5, 5.41) is 8.23. The van der Waals surface area contributed by atoms with Gasteiger partial charge in [-0.25, -0.2) is 0 Å². The minimum Gasteiger partial charge on any atom is -0.311 e. The molecule has 0 aromatic carbocycles. The normalized spacial score (nSPS) is 22.6. The van der Waals surface area contributed by atoms with Crippen LogP contribution in [0.1, 0.15) is 56.7 Å². The molecule has 0 spiro atoms. The van der Waals surface area contributed by atoms with Crippen molar-refractivity contribution in [3.8, 4) is 0 Å². The van der Waals surface area contributed by atoms with Gasteiger partial charge in [0, 0.05) is 25.2 Å². The summed E-state index contributed by atoms with van der Waals surface area (Å²) in [5.74, 6) is 0.788. The topological polar surface area (TPSA) is 29.9 Å². The summed E-state index contributed by atoms with van der Waals surface area (Å²) in [5.41, 5.74) is 1.56. The van der Waals surface area contributed by atoms with Gasteiger partial charge in [0.1, 0.15) is 0 Å². The molecule has 2 saturated carbocycles. The Labute approximate surface area is 120 Å². The Bertz CT molecular complexity index is 405. The molecule has 0 radical (unpaired) electrons. The highest BCUT2D eigenvalue weighted by Crippen LogP contribution is 2.45. The summed E-state index contributed by atoms with van der Waals surface area (Å²) < 4.78 is 2.19. The molecule has 3 rings (SSSR count). The van der Waals surface area contributed by atoms with Crippen molar-refractivity contribution < 1.29 is 0 Å².